The van der Waals surface area contributed by atoms with Crippen LogP contribution in [-0.2, 0) is 14.2 Å². The van der Waals surface area contributed by atoms with Crippen molar-refractivity contribution in [2.45, 2.75) is 0 Å². The molecule has 0 amide bonds. The Morgan fingerprint density at radius 1 is 0.621 bits per heavy atom. The van der Waals surface area contributed by atoms with Crippen molar-refractivity contribution in [3.05, 3.63) is 42.5 Å². The maximum Gasteiger partial charge on any atom is 0.163 e. The van der Waals surface area contributed by atoms with E-state index in [9.17, 15) is 0 Å². The fourth-order valence-corrected chi connectivity index (χ4v) is 2.52. The molecule has 29 heavy (non-hydrogen) atoms. The van der Waals surface area contributed by atoms with Crippen molar-refractivity contribution in [1.82, 2.24) is 0 Å². The number of methoxy groups -OCH3 is 1. The Kier molecular flexibility index (Phi) is 8.71. The molecule has 2 aromatic carbocycles. The zero-order chi connectivity index (χ0) is 20.2. The fourth-order valence-electron chi connectivity index (χ4n) is 2.52. The van der Waals surface area contributed by atoms with E-state index < -0.39 is 0 Å². The zero-order valence-electron chi connectivity index (χ0n) is 16.5. The van der Waals surface area contributed by atoms with Crippen LogP contribution in [0.5, 0.6) is 17.2 Å². The van der Waals surface area contributed by atoms with E-state index in [-0.39, 0.29) is 0 Å². The Balaban J connectivity index is 1.67. The fraction of sp³-hybridized carbons (Fsp3) is 0.429. The maximum atomic E-state index is 5.84. The predicted molar refractivity (Wildman–Crippen MR) is 107 cm³/mol. The first-order chi connectivity index (χ1) is 14.3. The van der Waals surface area contributed by atoms with Gasteiger partial charge in [-0.2, -0.15) is 10.2 Å². The van der Waals surface area contributed by atoms with Gasteiger partial charge in [-0.25, -0.2) is 0 Å². The minimum atomic E-state index is 0.395. The molecule has 0 fully saturated rings. The van der Waals surface area contributed by atoms with Crippen LogP contribution in [0.1, 0.15) is 0 Å². The highest BCUT2D eigenvalue weighted by atomic mass is 16.6. The molecule has 0 unspecified atom stereocenters. The van der Waals surface area contributed by atoms with Crippen LogP contribution >= 0.6 is 0 Å². The highest BCUT2D eigenvalue weighted by molar-refractivity contribution is 5.52. The molecular weight excluding hydrogens is 376 g/mol. The summed E-state index contributed by atoms with van der Waals surface area (Å²) in [6.07, 6.45) is 0. The standard InChI is InChI=1S/C21H26N2O6/c1-24-19-5-2-17(3-6-19)22-23-18-4-7-20-21(16-18)29-15-13-27-11-9-25-8-10-26-12-14-28-20/h2-7,16H,8-15H2,1H3. The van der Waals surface area contributed by atoms with Gasteiger partial charge in [-0.05, 0) is 36.4 Å². The van der Waals surface area contributed by atoms with Crippen molar-refractivity contribution in [3.63, 3.8) is 0 Å². The summed E-state index contributed by atoms with van der Waals surface area (Å²) in [5.41, 5.74) is 1.39. The van der Waals surface area contributed by atoms with Crippen LogP contribution in [-0.4, -0.2) is 60.0 Å². The lowest BCUT2D eigenvalue weighted by atomic mass is 10.3. The Morgan fingerprint density at radius 3 is 1.76 bits per heavy atom. The molecule has 0 saturated carbocycles. The van der Waals surface area contributed by atoms with Gasteiger partial charge in [0.1, 0.15) is 19.0 Å². The average Bonchev–Trinajstić information content (AvgIpc) is 2.77. The lowest BCUT2D eigenvalue weighted by Crippen LogP contribution is -2.13. The van der Waals surface area contributed by atoms with Gasteiger partial charge in [-0.15, -0.1) is 0 Å². The summed E-state index contributed by atoms with van der Waals surface area (Å²) >= 11 is 0. The molecule has 0 bridgehead atoms. The van der Waals surface area contributed by atoms with E-state index in [4.69, 9.17) is 28.4 Å². The highest BCUT2D eigenvalue weighted by Crippen LogP contribution is 2.32. The first kappa shape index (κ1) is 21.0. The number of azo groups is 1. The van der Waals surface area contributed by atoms with Gasteiger partial charge in [0.25, 0.3) is 0 Å². The summed E-state index contributed by atoms with van der Waals surface area (Å²) in [5, 5.41) is 8.54. The molecule has 2 aromatic rings. The van der Waals surface area contributed by atoms with Crippen molar-refractivity contribution in [2.24, 2.45) is 10.2 Å². The normalized spacial score (nSPS) is 16.7. The third-order valence-electron chi connectivity index (χ3n) is 4.00. The lowest BCUT2D eigenvalue weighted by Gasteiger charge is -2.13. The van der Waals surface area contributed by atoms with E-state index in [1.54, 1.807) is 13.2 Å². The Morgan fingerprint density at radius 2 is 1.14 bits per heavy atom. The van der Waals surface area contributed by atoms with Crippen LogP contribution in [0.15, 0.2) is 52.7 Å². The first-order valence-corrected chi connectivity index (χ1v) is 9.54. The number of hydrogen-bond donors (Lipinski definition) is 0. The summed E-state index contributed by atoms with van der Waals surface area (Å²) in [5.74, 6) is 1.99. The Hall–Kier alpha value is -2.68. The molecule has 1 heterocycles. The molecule has 8 heteroatoms. The molecule has 0 atom stereocenters. The summed E-state index contributed by atoms with van der Waals surface area (Å²) in [6, 6.07) is 12.8. The van der Waals surface area contributed by atoms with E-state index in [1.165, 1.54) is 0 Å². The summed E-state index contributed by atoms with van der Waals surface area (Å²) < 4.78 is 33.1. The summed E-state index contributed by atoms with van der Waals surface area (Å²) in [6.45, 7) is 3.85. The topological polar surface area (TPSA) is 80.1 Å². The third kappa shape index (κ3) is 7.34. The molecule has 1 aliphatic heterocycles. The molecule has 8 nitrogen and oxygen atoms in total. The number of rotatable bonds is 3. The van der Waals surface area contributed by atoms with Crippen molar-refractivity contribution in [1.29, 1.82) is 0 Å². The molecule has 156 valence electrons. The van der Waals surface area contributed by atoms with Crippen LogP contribution in [0, 0.1) is 0 Å². The highest BCUT2D eigenvalue weighted by Gasteiger charge is 2.08. The second-order valence-corrected chi connectivity index (χ2v) is 6.06. The van der Waals surface area contributed by atoms with Gasteiger partial charge in [-0.1, -0.05) is 0 Å². The SMILES string of the molecule is COc1ccc(N=Nc2ccc3c(c2)OCCOCCOCCOCCO3)cc1. The number of nitrogens with zero attached hydrogens (tertiary/aromatic N) is 2. The van der Waals surface area contributed by atoms with E-state index in [0.29, 0.717) is 70.0 Å². The van der Waals surface area contributed by atoms with Gasteiger partial charge in [0.05, 0.1) is 58.1 Å². The molecule has 0 spiro atoms. The first-order valence-electron chi connectivity index (χ1n) is 9.54. The second kappa shape index (κ2) is 12.0. The Bertz CT molecular complexity index is 766. The Labute approximate surface area is 170 Å². The quantitative estimate of drug-likeness (QED) is 0.724. The van der Waals surface area contributed by atoms with Crippen LogP contribution in [0.2, 0.25) is 0 Å². The number of fused-ring (bicyclic) bond motifs is 1. The van der Waals surface area contributed by atoms with Gasteiger partial charge >= 0.3 is 0 Å². The minimum Gasteiger partial charge on any atom is -0.497 e. The van der Waals surface area contributed by atoms with E-state index in [2.05, 4.69) is 10.2 Å². The largest absolute Gasteiger partial charge is 0.497 e. The lowest BCUT2D eigenvalue weighted by molar-refractivity contribution is 0.00708. The second-order valence-electron chi connectivity index (χ2n) is 6.06. The van der Waals surface area contributed by atoms with Crippen LogP contribution in [0.4, 0.5) is 11.4 Å². The maximum absolute atomic E-state index is 5.84. The number of benzene rings is 2. The van der Waals surface area contributed by atoms with Crippen molar-refractivity contribution < 1.29 is 28.4 Å². The third-order valence-corrected chi connectivity index (χ3v) is 4.00. The van der Waals surface area contributed by atoms with Crippen molar-refractivity contribution >= 4 is 11.4 Å². The van der Waals surface area contributed by atoms with Crippen molar-refractivity contribution in [3.8, 4) is 17.2 Å². The van der Waals surface area contributed by atoms with Crippen LogP contribution in [0.25, 0.3) is 0 Å². The molecule has 3 rings (SSSR count). The molecule has 0 aromatic heterocycles. The summed E-state index contributed by atoms with van der Waals surface area (Å²) in [7, 11) is 1.63. The average molecular weight is 402 g/mol. The minimum absolute atomic E-state index is 0.395. The van der Waals surface area contributed by atoms with Gasteiger partial charge < -0.3 is 28.4 Å². The molecule has 0 radical (unpaired) electrons. The molecule has 0 aliphatic carbocycles. The van der Waals surface area contributed by atoms with Crippen LogP contribution < -0.4 is 14.2 Å². The molecular formula is C21H26N2O6. The smallest absolute Gasteiger partial charge is 0.163 e. The molecule has 0 saturated heterocycles. The monoisotopic (exact) mass is 402 g/mol. The zero-order valence-corrected chi connectivity index (χ0v) is 16.5. The van der Waals surface area contributed by atoms with Crippen molar-refractivity contribution in [2.75, 3.05) is 60.0 Å². The van der Waals surface area contributed by atoms with Gasteiger partial charge in [0.2, 0.25) is 0 Å². The van der Waals surface area contributed by atoms with Gasteiger partial charge in [-0.3, -0.25) is 0 Å². The number of ether oxygens (including phenoxy) is 6. The molecule has 1 aliphatic rings. The van der Waals surface area contributed by atoms with Crippen LogP contribution in [0.3, 0.4) is 0 Å². The van der Waals surface area contributed by atoms with Gasteiger partial charge in [0, 0.05) is 6.07 Å². The predicted octanol–water partition coefficient (Wildman–Crippen LogP) is 3.93. The van der Waals surface area contributed by atoms with E-state index in [1.807, 2.05) is 36.4 Å². The van der Waals surface area contributed by atoms with Gasteiger partial charge in [0.15, 0.2) is 11.5 Å². The van der Waals surface area contributed by atoms with E-state index >= 15 is 0 Å². The summed E-state index contributed by atoms with van der Waals surface area (Å²) in [4.78, 5) is 0. The molecule has 0 N–H and O–H groups in total. The van der Waals surface area contributed by atoms with E-state index in [0.717, 1.165) is 11.4 Å². The number of hydrogen-bond acceptors (Lipinski definition) is 8.